The number of nitrogens with zero attached hydrogens (tertiary/aromatic N) is 2. The van der Waals surface area contributed by atoms with Gasteiger partial charge in [0.1, 0.15) is 6.04 Å². The summed E-state index contributed by atoms with van der Waals surface area (Å²) in [4.78, 5) is 19.2. The number of hydrogen-bond acceptors (Lipinski definition) is 8. The molecule has 11 heteroatoms. The Morgan fingerprint density at radius 3 is 2.21 bits per heavy atom. The molecule has 10 nitrogen and oxygen atoms in total. The van der Waals surface area contributed by atoms with Gasteiger partial charge in [0.2, 0.25) is 15.9 Å². The molecule has 3 N–H and O–H groups in total. The zero-order chi connectivity index (χ0) is 43.1. The minimum atomic E-state index is -3.97. The van der Waals surface area contributed by atoms with E-state index < -0.39 is 28.3 Å². The summed E-state index contributed by atoms with van der Waals surface area (Å²) >= 11 is 0. The number of aryl methyl sites for hydroxylation is 1. The number of amides is 1. The van der Waals surface area contributed by atoms with E-state index in [1.165, 1.54) is 38.8 Å². The van der Waals surface area contributed by atoms with Crippen LogP contribution in [0.5, 0.6) is 0 Å². The zero-order valence-electron chi connectivity index (χ0n) is 35.9. The molecule has 3 saturated heterocycles. The van der Waals surface area contributed by atoms with E-state index in [0.29, 0.717) is 6.04 Å². The molecule has 3 fully saturated rings. The summed E-state index contributed by atoms with van der Waals surface area (Å²) in [7, 11) is -3.97. The van der Waals surface area contributed by atoms with Gasteiger partial charge in [0, 0.05) is 37.2 Å². The van der Waals surface area contributed by atoms with Crippen molar-refractivity contribution in [2.75, 3.05) is 32.7 Å². The first kappa shape index (κ1) is 43.9. The van der Waals surface area contributed by atoms with Crippen molar-refractivity contribution in [3.8, 4) is 11.1 Å². The molecule has 5 aromatic carbocycles. The largest absolute Gasteiger partial charge is 0.392 e. The van der Waals surface area contributed by atoms with Crippen molar-refractivity contribution < 1.29 is 27.8 Å². The fraction of sp³-hybridized carbons (Fsp3) is 0.392. The molecule has 5 aromatic rings. The maximum absolute atomic E-state index is 13.8. The van der Waals surface area contributed by atoms with Gasteiger partial charge in [0.25, 0.3) is 0 Å². The fourth-order valence-electron chi connectivity index (χ4n) is 9.21. The number of aliphatic hydroxyl groups is 1. The van der Waals surface area contributed by atoms with Crippen LogP contribution in [0.4, 0.5) is 0 Å². The number of ether oxygens (including phenoxy) is 2. The van der Waals surface area contributed by atoms with Crippen LogP contribution in [-0.4, -0.2) is 80.1 Å². The van der Waals surface area contributed by atoms with Crippen molar-refractivity contribution in [3.63, 3.8) is 0 Å². The third kappa shape index (κ3) is 10.9. The molecule has 326 valence electrons. The van der Waals surface area contributed by atoms with Gasteiger partial charge in [-0.25, -0.2) is 8.42 Å². The van der Waals surface area contributed by atoms with Crippen LogP contribution in [0.1, 0.15) is 78.4 Å². The van der Waals surface area contributed by atoms with E-state index in [-0.39, 0.29) is 42.6 Å². The van der Waals surface area contributed by atoms with E-state index in [1.807, 2.05) is 73.7 Å². The van der Waals surface area contributed by atoms with Crippen LogP contribution in [0.3, 0.4) is 0 Å². The summed E-state index contributed by atoms with van der Waals surface area (Å²) in [5.41, 5.74) is 7.49. The normalized spacial score (nSPS) is 22.7. The maximum atomic E-state index is 13.8. The highest BCUT2D eigenvalue weighted by Crippen LogP contribution is 2.43. The molecule has 0 bridgehead atoms. The van der Waals surface area contributed by atoms with Gasteiger partial charge in [-0.1, -0.05) is 116 Å². The molecule has 0 aromatic heterocycles. The number of rotatable bonds is 16. The lowest BCUT2D eigenvalue weighted by atomic mass is 9.89. The quantitative estimate of drug-likeness (QED) is 0.0924. The van der Waals surface area contributed by atoms with E-state index in [0.717, 1.165) is 64.1 Å². The van der Waals surface area contributed by atoms with Crippen LogP contribution >= 0.6 is 0 Å². The number of carbonyl (C=O) groups is 1. The van der Waals surface area contributed by atoms with Crippen molar-refractivity contribution in [3.05, 3.63) is 161 Å². The molecule has 0 aliphatic carbocycles. The number of carbonyl (C=O) groups excluding carboxylic acids is 1. The molecular formula is C51H60N4O6S. The summed E-state index contributed by atoms with van der Waals surface area (Å²) in [6, 6.07) is 39.9. The van der Waals surface area contributed by atoms with E-state index in [9.17, 15) is 18.3 Å². The molecule has 3 aliphatic heterocycles. The first-order chi connectivity index (χ1) is 30.1. The Balaban J connectivity index is 0.987. The molecule has 0 unspecified atom stereocenters. The number of hydrogen-bond donors (Lipinski definition) is 3. The molecule has 6 atom stereocenters. The summed E-state index contributed by atoms with van der Waals surface area (Å²) in [6.45, 7) is 9.79. The van der Waals surface area contributed by atoms with Crippen molar-refractivity contribution >= 4 is 15.9 Å². The second-order valence-electron chi connectivity index (χ2n) is 17.3. The number of aliphatic hydroxyl groups excluding tert-OH is 1. The minimum Gasteiger partial charge on any atom is -0.392 e. The van der Waals surface area contributed by atoms with Crippen molar-refractivity contribution in [2.24, 2.45) is 5.92 Å². The van der Waals surface area contributed by atoms with Gasteiger partial charge in [-0.15, -0.1) is 0 Å². The SMILES string of the molecule is Cc1ccc(S(=O)(=O)N[C@H](Cc2ccccc2)C(=O)NCc2cccc(-c3cccc([C@@H]4O[C@H](CN5CCC[C@H]5CN5CCCC5)[C@H](C)[C@H](c5ccc(CO)cc5)O4)c3)c2)cc1. The van der Waals surface area contributed by atoms with E-state index in [4.69, 9.17) is 9.47 Å². The highest BCUT2D eigenvalue weighted by Gasteiger charge is 2.41. The highest BCUT2D eigenvalue weighted by atomic mass is 32.2. The highest BCUT2D eigenvalue weighted by molar-refractivity contribution is 7.89. The molecule has 8 rings (SSSR count). The van der Waals surface area contributed by atoms with Crippen LogP contribution in [-0.2, 0) is 43.9 Å². The standard InChI is InChI=1S/C51H60N4O6S/c1-36-18-24-46(25-19-36)62(58,59)53-47(30-38-11-4-3-5-12-38)50(57)52-32-40-13-8-14-42(29-40)43-15-9-16-44(31-43)51-60-48(34-55-28-10-17-45(55)33-54-26-6-7-27-54)37(2)49(61-51)41-22-20-39(35-56)21-23-41/h3-5,8-9,11-16,18-25,29,31,37,45,47-49,51,53,56H,6-7,10,17,26-28,30,32-35H2,1-2H3,(H,52,57)/t37-,45-,47+,48+,49+,51+/m0/s1. The smallest absolute Gasteiger partial charge is 0.241 e. The Labute approximate surface area is 367 Å². The average molecular weight is 857 g/mol. The predicted octanol–water partition coefficient (Wildman–Crippen LogP) is 7.71. The van der Waals surface area contributed by atoms with Gasteiger partial charge in [0.05, 0.1) is 23.7 Å². The fourth-order valence-corrected chi connectivity index (χ4v) is 10.4. The van der Waals surface area contributed by atoms with Crippen LogP contribution in [0.15, 0.2) is 132 Å². The Hall–Kier alpha value is -4.72. The number of likely N-dealkylation sites (tertiary alicyclic amines) is 2. The Morgan fingerprint density at radius 2 is 1.47 bits per heavy atom. The number of sulfonamides is 1. The van der Waals surface area contributed by atoms with Gasteiger partial charge >= 0.3 is 0 Å². The van der Waals surface area contributed by atoms with E-state index >= 15 is 0 Å². The van der Waals surface area contributed by atoms with Gasteiger partial charge < -0.3 is 24.8 Å². The van der Waals surface area contributed by atoms with Crippen LogP contribution in [0.2, 0.25) is 0 Å². The number of benzene rings is 5. The topological polar surface area (TPSA) is 120 Å². The second kappa shape index (κ2) is 20.2. The number of nitrogens with one attached hydrogen (secondary N) is 2. The second-order valence-corrected chi connectivity index (χ2v) is 19.1. The lowest BCUT2D eigenvalue weighted by Gasteiger charge is -2.43. The Bertz CT molecular complexity index is 2350. The summed E-state index contributed by atoms with van der Waals surface area (Å²) in [5.74, 6) is -0.316. The molecule has 3 aliphatic rings. The van der Waals surface area contributed by atoms with Gasteiger partial charge in [0.15, 0.2) is 6.29 Å². The first-order valence-electron chi connectivity index (χ1n) is 22.2. The van der Waals surface area contributed by atoms with Crippen LogP contribution in [0.25, 0.3) is 11.1 Å². The molecule has 3 heterocycles. The summed E-state index contributed by atoms with van der Waals surface area (Å²) < 4.78 is 43.4. The molecule has 0 radical (unpaired) electrons. The monoisotopic (exact) mass is 856 g/mol. The third-order valence-electron chi connectivity index (χ3n) is 12.8. The van der Waals surface area contributed by atoms with Gasteiger partial charge in [-0.2, -0.15) is 4.72 Å². The minimum absolute atomic E-state index is 0.00566. The van der Waals surface area contributed by atoms with Gasteiger partial charge in [-0.05, 0) is 116 Å². The Morgan fingerprint density at radius 1 is 0.758 bits per heavy atom. The van der Waals surface area contributed by atoms with Crippen molar-refractivity contribution in [1.82, 2.24) is 19.8 Å². The predicted molar refractivity (Wildman–Crippen MR) is 242 cm³/mol. The average Bonchev–Trinajstić information content (AvgIpc) is 3.99. The molecule has 1 amide bonds. The van der Waals surface area contributed by atoms with Gasteiger partial charge in [-0.3, -0.25) is 9.69 Å². The summed E-state index contributed by atoms with van der Waals surface area (Å²) in [6.07, 6.45) is 4.36. The lowest BCUT2D eigenvalue weighted by Crippen LogP contribution is -2.48. The third-order valence-corrected chi connectivity index (χ3v) is 14.3. The Kier molecular flexibility index (Phi) is 14.3. The lowest BCUT2D eigenvalue weighted by molar-refractivity contribution is -0.276. The molecule has 0 saturated carbocycles. The summed E-state index contributed by atoms with van der Waals surface area (Å²) in [5, 5.41) is 12.8. The van der Waals surface area contributed by atoms with E-state index in [1.54, 1.807) is 24.3 Å². The van der Waals surface area contributed by atoms with Crippen LogP contribution < -0.4 is 10.0 Å². The van der Waals surface area contributed by atoms with E-state index in [2.05, 4.69) is 63.2 Å². The first-order valence-corrected chi connectivity index (χ1v) is 23.7. The van der Waals surface area contributed by atoms with Crippen LogP contribution in [0, 0.1) is 12.8 Å². The van der Waals surface area contributed by atoms with Crippen molar-refractivity contribution in [1.29, 1.82) is 0 Å². The molecular weight excluding hydrogens is 797 g/mol. The molecule has 0 spiro atoms. The zero-order valence-corrected chi connectivity index (χ0v) is 36.7. The molecule has 62 heavy (non-hydrogen) atoms. The maximum Gasteiger partial charge on any atom is 0.241 e. The van der Waals surface area contributed by atoms with Crippen molar-refractivity contribution in [2.45, 2.75) is 94.6 Å².